The van der Waals surface area contributed by atoms with Crippen molar-refractivity contribution in [3.8, 4) is 5.75 Å². The summed E-state index contributed by atoms with van der Waals surface area (Å²) in [7, 11) is 1.51. The van der Waals surface area contributed by atoms with E-state index >= 15 is 0 Å². The molecule has 0 aliphatic heterocycles. The highest BCUT2D eigenvalue weighted by Crippen LogP contribution is 2.51. The Kier molecular flexibility index (Phi) is 4.66. The quantitative estimate of drug-likeness (QED) is 0.838. The van der Waals surface area contributed by atoms with Crippen molar-refractivity contribution in [2.75, 3.05) is 13.7 Å². The molecule has 1 aliphatic rings. The van der Waals surface area contributed by atoms with Crippen LogP contribution in [0, 0.1) is 5.41 Å². The van der Waals surface area contributed by atoms with Gasteiger partial charge in [-0.1, -0.05) is 19.9 Å². The number of carbonyl (C=O) groups excluding carboxylic acids is 1. The molecule has 126 valence electrons. The monoisotopic (exact) mass is 321 g/mol. The van der Waals surface area contributed by atoms with Crippen LogP contribution in [0.2, 0.25) is 0 Å². The third kappa shape index (κ3) is 2.79. The van der Waals surface area contributed by atoms with E-state index in [2.05, 4.69) is 5.32 Å². The number of benzene rings is 1. The summed E-state index contributed by atoms with van der Waals surface area (Å²) in [5.41, 5.74) is -1.68. The molecule has 0 bridgehead atoms. The number of nitrogens with one attached hydrogen (secondary N) is 1. The first kappa shape index (κ1) is 17.3. The van der Waals surface area contributed by atoms with Gasteiger partial charge in [0.1, 0.15) is 11.3 Å². The number of amides is 1. The van der Waals surface area contributed by atoms with Gasteiger partial charge in [-0.2, -0.15) is 0 Å². The van der Waals surface area contributed by atoms with E-state index in [0.717, 1.165) is 0 Å². The third-order valence-corrected chi connectivity index (χ3v) is 4.79. The zero-order valence-corrected chi connectivity index (χ0v) is 13.9. The van der Waals surface area contributed by atoms with E-state index in [9.17, 15) is 14.7 Å². The lowest BCUT2D eigenvalue weighted by Crippen LogP contribution is -2.76. The summed E-state index contributed by atoms with van der Waals surface area (Å²) in [6.45, 7) is 5.98. The summed E-state index contributed by atoms with van der Waals surface area (Å²) >= 11 is 0. The molecule has 0 heterocycles. The van der Waals surface area contributed by atoms with Crippen molar-refractivity contribution >= 4 is 11.9 Å². The minimum absolute atomic E-state index is 0.200. The molecule has 1 amide bonds. The molecular formula is C17H23NO5. The molecule has 1 fully saturated rings. The average molecular weight is 321 g/mol. The second kappa shape index (κ2) is 6.20. The van der Waals surface area contributed by atoms with Gasteiger partial charge in [-0.3, -0.25) is 4.79 Å². The second-order valence-corrected chi connectivity index (χ2v) is 6.27. The number of carboxylic acid groups (broad SMARTS) is 1. The molecule has 2 rings (SSSR count). The van der Waals surface area contributed by atoms with Gasteiger partial charge in [0, 0.05) is 24.0 Å². The van der Waals surface area contributed by atoms with E-state index in [4.69, 9.17) is 9.47 Å². The summed E-state index contributed by atoms with van der Waals surface area (Å²) in [4.78, 5) is 24.4. The van der Waals surface area contributed by atoms with Crippen LogP contribution in [0.25, 0.3) is 0 Å². The van der Waals surface area contributed by atoms with Gasteiger partial charge in [-0.05, 0) is 25.1 Å². The number of hydrogen-bond donors (Lipinski definition) is 2. The van der Waals surface area contributed by atoms with Crippen molar-refractivity contribution in [2.45, 2.75) is 38.8 Å². The molecule has 2 N–H and O–H groups in total. The Morgan fingerprint density at radius 3 is 2.61 bits per heavy atom. The molecule has 23 heavy (non-hydrogen) atoms. The van der Waals surface area contributed by atoms with Gasteiger partial charge < -0.3 is 19.9 Å². The number of methoxy groups -OCH3 is 1. The predicted molar refractivity (Wildman–Crippen MR) is 84.6 cm³/mol. The van der Waals surface area contributed by atoms with Crippen molar-refractivity contribution in [1.82, 2.24) is 5.32 Å². The van der Waals surface area contributed by atoms with Gasteiger partial charge in [0.25, 0.3) is 5.91 Å². The summed E-state index contributed by atoms with van der Waals surface area (Å²) in [6.07, 6.45) is 0.0491. The molecule has 6 heteroatoms. The smallest absolute Gasteiger partial charge is 0.330 e. The van der Waals surface area contributed by atoms with Crippen LogP contribution in [0.5, 0.6) is 5.75 Å². The minimum atomic E-state index is -1.34. The first-order valence-corrected chi connectivity index (χ1v) is 7.60. The number of hydrogen-bond acceptors (Lipinski definition) is 4. The Bertz CT molecular complexity index is 613. The lowest BCUT2D eigenvalue weighted by molar-refractivity contribution is -0.190. The second-order valence-electron chi connectivity index (χ2n) is 6.27. The third-order valence-electron chi connectivity index (χ3n) is 4.79. The normalized spacial score (nSPS) is 25.3. The highest BCUT2D eigenvalue weighted by molar-refractivity contribution is 5.99. The summed E-state index contributed by atoms with van der Waals surface area (Å²) in [5.74, 6) is -0.939. The van der Waals surface area contributed by atoms with Gasteiger partial charge in [0.05, 0.1) is 13.2 Å². The van der Waals surface area contributed by atoms with Crippen molar-refractivity contribution in [3.05, 3.63) is 29.8 Å². The lowest BCUT2D eigenvalue weighted by atomic mass is 9.54. The molecule has 0 aromatic heterocycles. The fourth-order valence-electron chi connectivity index (χ4n) is 3.07. The van der Waals surface area contributed by atoms with Crippen LogP contribution in [-0.4, -0.2) is 42.3 Å². The molecule has 2 unspecified atom stereocenters. The van der Waals surface area contributed by atoms with Crippen LogP contribution in [0.1, 0.15) is 37.6 Å². The van der Waals surface area contributed by atoms with Crippen LogP contribution in [-0.2, 0) is 9.53 Å². The molecule has 0 spiro atoms. The van der Waals surface area contributed by atoms with Crippen LogP contribution in [0.15, 0.2) is 24.3 Å². The maximum Gasteiger partial charge on any atom is 0.330 e. The van der Waals surface area contributed by atoms with Crippen LogP contribution in [0.4, 0.5) is 0 Å². The van der Waals surface area contributed by atoms with Gasteiger partial charge in [-0.15, -0.1) is 0 Å². The number of aliphatic carboxylic acids is 1. The molecule has 0 radical (unpaired) electrons. The Hall–Kier alpha value is -2.08. The molecule has 6 nitrogen and oxygen atoms in total. The number of carbonyl (C=O) groups is 2. The first-order chi connectivity index (χ1) is 10.8. The van der Waals surface area contributed by atoms with E-state index in [-0.39, 0.29) is 12.5 Å². The van der Waals surface area contributed by atoms with Gasteiger partial charge >= 0.3 is 5.97 Å². The van der Waals surface area contributed by atoms with Gasteiger partial charge in [-0.25, -0.2) is 4.79 Å². The Balaban J connectivity index is 2.24. The highest BCUT2D eigenvalue weighted by Gasteiger charge is 2.66. The van der Waals surface area contributed by atoms with E-state index in [1.807, 2.05) is 6.92 Å². The SMILES string of the molecule is CCOC1CC(NC(=O)c2cccc(OC)c2)(C(=O)O)C1(C)C. The van der Waals surface area contributed by atoms with Crippen molar-refractivity contribution in [2.24, 2.45) is 5.41 Å². The fraction of sp³-hybridized carbons (Fsp3) is 0.529. The van der Waals surface area contributed by atoms with Gasteiger partial charge in [0.15, 0.2) is 0 Å². The lowest BCUT2D eigenvalue weighted by Gasteiger charge is -2.58. The standard InChI is InChI=1S/C17H23NO5/c1-5-23-13-10-17(15(20)21,16(13,2)3)18-14(19)11-7-6-8-12(9-11)22-4/h6-9,13H,5,10H2,1-4H3,(H,18,19)(H,20,21). The van der Waals surface area contributed by atoms with Crippen molar-refractivity contribution in [3.63, 3.8) is 0 Å². The van der Waals surface area contributed by atoms with Crippen LogP contribution in [0.3, 0.4) is 0 Å². The maximum atomic E-state index is 12.5. The summed E-state index contributed by atoms with van der Waals surface area (Å²) < 4.78 is 10.7. The Labute approximate surface area is 135 Å². The zero-order chi connectivity index (χ0) is 17.3. The molecular weight excluding hydrogens is 298 g/mol. The summed E-state index contributed by atoms with van der Waals surface area (Å²) in [6, 6.07) is 6.62. The molecule has 1 aliphatic carbocycles. The van der Waals surface area contributed by atoms with Crippen molar-refractivity contribution < 1.29 is 24.2 Å². The number of carboxylic acids is 1. The molecule has 0 saturated heterocycles. The first-order valence-electron chi connectivity index (χ1n) is 7.60. The zero-order valence-electron chi connectivity index (χ0n) is 13.9. The Morgan fingerprint density at radius 1 is 1.39 bits per heavy atom. The molecule has 1 saturated carbocycles. The largest absolute Gasteiger partial charge is 0.497 e. The maximum absolute atomic E-state index is 12.5. The highest BCUT2D eigenvalue weighted by atomic mass is 16.5. The molecule has 2 atom stereocenters. The molecule has 1 aromatic rings. The van der Waals surface area contributed by atoms with Crippen LogP contribution < -0.4 is 10.1 Å². The summed E-state index contributed by atoms with van der Waals surface area (Å²) in [5, 5.41) is 12.4. The van der Waals surface area contributed by atoms with E-state index in [1.165, 1.54) is 7.11 Å². The average Bonchev–Trinajstić information content (AvgIpc) is 2.53. The molecule has 1 aromatic carbocycles. The van der Waals surface area contributed by atoms with E-state index in [1.54, 1.807) is 38.1 Å². The van der Waals surface area contributed by atoms with E-state index < -0.39 is 22.8 Å². The van der Waals surface area contributed by atoms with Gasteiger partial charge in [0.2, 0.25) is 0 Å². The number of ether oxygens (including phenoxy) is 2. The van der Waals surface area contributed by atoms with Crippen molar-refractivity contribution in [1.29, 1.82) is 0 Å². The van der Waals surface area contributed by atoms with Crippen LogP contribution >= 0.6 is 0 Å². The fourth-order valence-corrected chi connectivity index (χ4v) is 3.07. The minimum Gasteiger partial charge on any atom is -0.497 e. The topological polar surface area (TPSA) is 84.9 Å². The Morgan fingerprint density at radius 2 is 2.09 bits per heavy atom. The van der Waals surface area contributed by atoms with E-state index in [0.29, 0.717) is 17.9 Å². The number of rotatable bonds is 6. The predicted octanol–water partition coefficient (Wildman–Crippen LogP) is 2.08.